The summed E-state index contributed by atoms with van der Waals surface area (Å²) in [5.41, 5.74) is 1.56. The minimum Gasteiger partial charge on any atom is -0.488 e. The fraction of sp³-hybridized carbons (Fsp3) is 0.440. The van der Waals surface area contributed by atoms with Crippen LogP contribution in [0.25, 0.3) is 11.0 Å². The summed E-state index contributed by atoms with van der Waals surface area (Å²) >= 11 is 0. The fourth-order valence-corrected chi connectivity index (χ4v) is 2.89. The molecule has 0 aliphatic rings. The number of fused-ring (bicyclic) bond motifs is 1. The van der Waals surface area contributed by atoms with Crippen LogP contribution in [0.5, 0.6) is 17.2 Å². The van der Waals surface area contributed by atoms with Gasteiger partial charge in [0.05, 0.1) is 5.39 Å². The molecule has 1 heterocycles. The summed E-state index contributed by atoms with van der Waals surface area (Å²) in [6, 6.07) is 5.12. The third kappa shape index (κ3) is 7.63. The van der Waals surface area contributed by atoms with Crippen molar-refractivity contribution in [3.63, 3.8) is 0 Å². The number of hydrogen-bond donors (Lipinski definition) is 0. The predicted octanol–water partition coefficient (Wildman–Crippen LogP) is 5.97. The van der Waals surface area contributed by atoms with Crippen molar-refractivity contribution in [3.05, 3.63) is 51.9 Å². The van der Waals surface area contributed by atoms with Gasteiger partial charge in [-0.05, 0) is 72.6 Å². The quantitative estimate of drug-likeness (QED) is 0.293. The van der Waals surface area contributed by atoms with Crippen molar-refractivity contribution in [2.45, 2.75) is 66.9 Å². The lowest BCUT2D eigenvalue weighted by molar-refractivity contribution is -0.132. The maximum atomic E-state index is 12.5. The van der Waals surface area contributed by atoms with Gasteiger partial charge in [-0.15, -0.1) is 0 Å². The molecule has 0 saturated heterocycles. The van der Waals surface area contributed by atoms with Gasteiger partial charge in [-0.3, -0.25) is 4.79 Å². The molecule has 0 aliphatic carbocycles. The van der Waals surface area contributed by atoms with Crippen LogP contribution in [-0.4, -0.2) is 18.2 Å². The second-order valence-electron chi connectivity index (χ2n) is 8.70. The van der Waals surface area contributed by atoms with Crippen molar-refractivity contribution in [1.29, 1.82) is 0 Å². The summed E-state index contributed by atoms with van der Waals surface area (Å²) in [6.45, 7) is 13.4. The zero-order valence-corrected chi connectivity index (χ0v) is 19.5. The standard InChI is InChI=1S/C25H32O6/c1-16(2)9-8-10-17(3)13-14-28-22-20-12-11-19(31-25(5,6)7)15-21(20)30-24(27)23(22)29-18(4)26/h9,11-13,15H,8,10,14H2,1-7H3. The minimum absolute atomic E-state index is 0.178. The smallest absolute Gasteiger partial charge is 0.383 e. The molecule has 2 rings (SSSR count). The highest BCUT2D eigenvalue weighted by Crippen LogP contribution is 2.35. The van der Waals surface area contributed by atoms with Crippen molar-refractivity contribution in [3.8, 4) is 17.2 Å². The lowest BCUT2D eigenvalue weighted by Crippen LogP contribution is -2.22. The van der Waals surface area contributed by atoms with Crippen LogP contribution in [0.4, 0.5) is 0 Å². The molecule has 1 aromatic carbocycles. The van der Waals surface area contributed by atoms with Crippen LogP contribution >= 0.6 is 0 Å². The molecule has 2 aromatic rings. The number of esters is 1. The molecule has 0 N–H and O–H groups in total. The van der Waals surface area contributed by atoms with E-state index in [2.05, 4.69) is 19.9 Å². The number of rotatable bonds is 8. The van der Waals surface area contributed by atoms with Crippen molar-refractivity contribution < 1.29 is 23.4 Å². The van der Waals surface area contributed by atoms with Crippen LogP contribution in [0.3, 0.4) is 0 Å². The van der Waals surface area contributed by atoms with Crippen molar-refractivity contribution in [1.82, 2.24) is 0 Å². The van der Waals surface area contributed by atoms with Gasteiger partial charge in [-0.2, -0.15) is 0 Å². The largest absolute Gasteiger partial charge is 0.488 e. The normalized spacial score (nSPS) is 11.9. The van der Waals surface area contributed by atoms with Gasteiger partial charge < -0.3 is 18.6 Å². The molecule has 31 heavy (non-hydrogen) atoms. The van der Waals surface area contributed by atoms with Crippen molar-refractivity contribution in [2.24, 2.45) is 0 Å². The maximum Gasteiger partial charge on any atom is 0.383 e. The Balaban J connectivity index is 2.37. The van der Waals surface area contributed by atoms with E-state index >= 15 is 0 Å². The van der Waals surface area contributed by atoms with Gasteiger partial charge in [0.25, 0.3) is 5.75 Å². The van der Waals surface area contributed by atoms with Gasteiger partial charge in [0.15, 0.2) is 5.75 Å². The molecule has 6 heteroatoms. The number of ether oxygens (including phenoxy) is 3. The lowest BCUT2D eigenvalue weighted by atomic mass is 10.1. The van der Waals surface area contributed by atoms with E-state index in [1.807, 2.05) is 33.8 Å². The summed E-state index contributed by atoms with van der Waals surface area (Å²) in [7, 11) is 0. The Hall–Kier alpha value is -3.02. The Morgan fingerprint density at radius 2 is 1.77 bits per heavy atom. The van der Waals surface area contributed by atoms with Crippen LogP contribution < -0.4 is 19.8 Å². The van der Waals surface area contributed by atoms with E-state index < -0.39 is 17.2 Å². The molecule has 0 fully saturated rings. The summed E-state index contributed by atoms with van der Waals surface area (Å²) < 4.78 is 22.2. The van der Waals surface area contributed by atoms with Gasteiger partial charge in [0.2, 0.25) is 0 Å². The molecule has 0 aliphatic heterocycles. The molecular weight excluding hydrogens is 396 g/mol. The Morgan fingerprint density at radius 3 is 2.39 bits per heavy atom. The van der Waals surface area contributed by atoms with E-state index in [1.54, 1.807) is 18.2 Å². The lowest BCUT2D eigenvalue weighted by Gasteiger charge is -2.21. The molecule has 0 spiro atoms. The molecule has 168 valence electrons. The molecule has 0 amide bonds. The third-order valence-electron chi connectivity index (χ3n) is 4.21. The van der Waals surface area contributed by atoms with Gasteiger partial charge >= 0.3 is 11.6 Å². The fourth-order valence-electron chi connectivity index (χ4n) is 2.89. The summed E-state index contributed by atoms with van der Waals surface area (Å²) in [4.78, 5) is 24.0. The average Bonchev–Trinajstić information content (AvgIpc) is 2.62. The van der Waals surface area contributed by atoms with E-state index in [0.29, 0.717) is 16.7 Å². The molecular formula is C25H32O6. The highest BCUT2D eigenvalue weighted by atomic mass is 16.6. The van der Waals surface area contributed by atoms with Crippen molar-refractivity contribution in [2.75, 3.05) is 6.61 Å². The van der Waals surface area contributed by atoms with Crippen LogP contribution in [-0.2, 0) is 4.79 Å². The summed E-state index contributed by atoms with van der Waals surface area (Å²) in [5, 5.41) is 0.521. The predicted molar refractivity (Wildman–Crippen MR) is 122 cm³/mol. The van der Waals surface area contributed by atoms with Crippen LogP contribution in [0, 0.1) is 0 Å². The molecule has 0 unspecified atom stereocenters. The number of hydrogen-bond acceptors (Lipinski definition) is 6. The molecule has 0 bridgehead atoms. The third-order valence-corrected chi connectivity index (χ3v) is 4.21. The Kier molecular flexibility index (Phi) is 8.08. The Labute approximate surface area is 183 Å². The number of benzene rings is 1. The van der Waals surface area contributed by atoms with Crippen molar-refractivity contribution >= 4 is 16.9 Å². The minimum atomic E-state index is -0.783. The Morgan fingerprint density at radius 1 is 1.06 bits per heavy atom. The van der Waals surface area contributed by atoms with E-state index in [1.165, 1.54) is 18.1 Å². The second-order valence-corrected chi connectivity index (χ2v) is 8.70. The zero-order chi connectivity index (χ0) is 23.2. The zero-order valence-electron chi connectivity index (χ0n) is 19.5. The monoisotopic (exact) mass is 428 g/mol. The molecule has 0 radical (unpaired) electrons. The van der Waals surface area contributed by atoms with E-state index in [0.717, 1.165) is 12.8 Å². The average molecular weight is 429 g/mol. The SMILES string of the molecule is CC(=O)Oc1c(OCC=C(C)CCC=C(C)C)c2ccc(OC(C)(C)C)cc2oc1=O. The first-order valence-corrected chi connectivity index (χ1v) is 10.4. The van der Waals surface area contributed by atoms with Crippen LogP contribution in [0.1, 0.15) is 61.3 Å². The molecule has 0 saturated carbocycles. The highest BCUT2D eigenvalue weighted by molar-refractivity contribution is 5.87. The van der Waals surface area contributed by atoms with Gasteiger partial charge in [0, 0.05) is 13.0 Å². The van der Waals surface area contributed by atoms with Crippen LogP contribution in [0.2, 0.25) is 0 Å². The van der Waals surface area contributed by atoms with Gasteiger partial charge in [-0.1, -0.05) is 17.2 Å². The first kappa shape index (κ1) is 24.3. The van der Waals surface area contributed by atoms with Gasteiger partial charge in [0.1, 0.15) is 23.5 Å². The maximum absolute atomic E-state index is 12.5. The van der Waals surface area contributed by atoms with Crippen LogP contribution in [0.15, 0.2) is 50.7 Å². The highest BCUT2D eigenvalue weighted by Gasteiger charge is 2.21. The molecule has 1 aromatic heterocycles. The summed E-state index contributed by atoms with van der Waals surface area (Å²) in [6.07, 6.45) is 6.01. The first-order valence-electron chi connectivity index (χ1n) is 10.4. The summed E-state index contributed by atoms with van der Waals surface area (Å²) in [5.74, 6) is -0.140. The number of carbonyl (C=O) groups is 1. The topological polar surface area (TPSA) is 75.0 Å². The first-order chi connectivity index (χ1) is 14.5. The van der Waals surface area contributed by atoms with E-state index in [9.17, 15) is 9.59 Å². The Bertz CT molecular complexity index is 1050. The second kappa shape index (κ2) is 10.3. The number of allylic oxidation sites excluding steroid dienone is 3. The van der Waals surface area contributed by atoms with E-state index in [-0.39, 0.29) is 18.1 Å². The van der Waals surface area contributed by atoms with E-state index in [4.69, 9.17) is 18.6 Å². The molecule has 6 nitrogen and oxygen atoms in total. The van der Waals surface area contributed by atoms with Gasteiger partial charge in [-0.25, -0.2) is 4.79 Å². The molecule has 0 atom stereocenters. The number of carbonyl (C=O) groups excluding carboxylic acids is 1.